The van der Waals surface area contributed by atoms with Crippen molar-refractivity contribution in [1.82, 2.24) is 15.5 Å². The van der Waals surface area contributed by atoms with E-state index in [1.54, 1.807) is 6.07 Å². The fraction of sp³-hybridized carbons (Fsp3) is 0.650. The van der Waals surface area contributed by atoms with Crippen LogP contribution in [0.5, 0.6) is 0 Å². The fourth-order valence-corrected chi connectivity index (χ4v) is 3.90. The van der Waals surface area contributed by atoms with Crippen LogP contribution in [0.1, 0.15) is 44.7 Å². The first-order chi connectivity index (χ1) is 12.8. The summed E-state index contributed by atoms with van der Waals surface area (Å²) in [5.74, 6) is 0.796. The quantitative estimate of drug-likeness (QED) is 0.201. The Morgan fingerprint density at radius 1 is 1.11 bits per heavy atom. The lowest BCUT2D eigenvalue weighted by Crippen LogP contribution is -2.38. The second-order valence-electron chi connectivity index (χ2n) is 6.73. The van der Waals surface area contributed by atoms with Crippen molar-refractivity contribution < 1.29 is 8.42 Å². The maximum Gasteiger partial charge on any atom is 0.191 e. The van der Waals surface area contributed by atoms with Gasteiger partial charge >= 0.3 is 0 Å². The number of benzene rings is 1. The Morgan fingerprint density at radius 3 is 2.32 bits per heavy atom. The van der Waals surface area contributed by atoms with Crippen LogP contribution in [0.25, 0.3) is 0 Å². The van der Waals surface area contributed by atoms with E-state index in [1.165, 1.54) is 12.7 Å². The number of rotatable bonds is 11. The molecular weight excluding hydrogens is 487 g/mol. The predicted octanol–water partition coefficient (Wildman–Crippen LogP) is 3.19. The third-order valence-electron chi connectivity index (χ3n) is 4.49. The number of aryl methyl sites for hydroxylation is 1. The van der Waals surface area contributed by atoms with Crippen molar-refractivity contribution in [2.24, 2.45) is 4.99 Å². The van der Waals surface area contributed by atoms with E-state index in [0.717, 1.165) is 56.2 Å². The smallest absolute Gasteiger partial charge is 0.191 e. The van der Waals surface area contributed by atoms with Gasteiger partial charge in [0.2, 0.25) is 0 Å². The summed E-state index contributed by atoms with van der Waals surface area (Å²) in [5.41, 5.74) is 1.76. The Bertz CT molecular complexity index is 704. The number of sulfone groups is 1. The maximum absolute atomic E-state index is 11.7. The van der Waals surface area contributed by atoms with Crippen LogP contribution in [0.3, 0.4) is 0 Å². The van der Waals surface area contributed by atoms with E-state index in [9.17, 15) is 8.42 Å². The number of hydrogen-bond donors (Lipinski definition) is 2. The van der Waals surface area contributed by atoms with Gasteiger partial charge in [-0.2, -0.15) is 0 Å². The molecule has 0 aliphatic rings. The average Bonchev–Trinajstić information content (AvgIpc) is 2.61. The number of guanidine groups is 1. The third-order valence-corrected chi connectivity index (χ3v) is 5.75. The van der Waals surface area contributed by atoms with Crippen molar-refractivity contribution in [3.8, 4) is 0 Å². The Morgan fingerprint density at radius 2 is 1.79 bits per heavy atom. The lowest BCUT2D eigenvalue weighted by atomic mass is 10.1. The van der Waals surface area contributed by atoms with Gasteiger partial charge in [-0.15, -0.1) is 24.0 Å². The number of halogens is 1. The first-order valence-corrected chi connectivity index (χ1v) is 11.7. The van der Waals surface area contributed by atoms with E-state index < -0.39 is 9.84 Å². The van der Waals surface area contributed by atoms with Crippen molar-refractivity contribution in [2.45, 2.75) is 52.0 Å². The van der Waals surface area contributed by atoms with Gasteiger partial charge in [0.1, 0.15) is 0 Å². The predicted molar refractivity (Wildman–Crippen MR) is 130 cm³/mol. The second kappa shape index (κ2) is 14.2. The van der Waals surface area contributed by atoms with Gasteiger partial charge in [-0.05, 0) is 63.5 Å². The molecule has 0 aromatic heterocycles. The molecule has 0 aliphatic carbocycles. The van der Waals surface area contributed by atoms with E-state index in [0.29, 0.717) is 11.4 Å². The molecule has 0 fully saturated rings. The highest BCUT2D eigenvalue weighted by Gasteiger charge is 2.10. The van der Waals surface area contributed by atoms with E-state index >= 15 is 0 Å². The number of hydrogen-bond acceptors (Lipinski definition) is 4. The first-order valence-electron chi connectivity index (χ1n) is 9.85. The Labute approximate surface area is 188 Å². The van der Waals surface area contributed by atoms with Crippen LogP contribution in [0.2, 0.25) is 0 Å². The Hall–Kier alpha value is -0.870. The highest BCUT2D eigenvalue weighted by atomic mass is 127. The molecule has 6 nitrogen and oxygen atoms in total. The van der Waals surface area contributed by atoms with Crippen LogP contribution in [0.4, 0.5) is 0 Å². The van der Waals surface area contributed by atoms with Gasteiger partial charge < -0.3 is 15.5 Å². The summed E-state index contributed by atoms with van der Waals surface area (Å²) in [6.07, 6.45) is 3.50. The molecule has 8 heteroatoms. The maximum atomic E-state index is 11.7. The lowest BCUT2D eigenvalue weighted by molar-refractivity contribution is 0.297. The van der Waals surface area contributed by atoms with Crippen LogP contribution in [0, 0.1) is 6.92 Å². The van der Waals surface area contributed by atoms with E-state index in [2.05, 4.69) is 34.4 Å². The van der Waals surface area contributed by atoms with E-state index in [4.69, 9.17) is 0 Å². The monoisotopic (exact) mass is 524 g/mol. The molecule has 2 N–H and O–H groups in total. The minimum absolute atomic E-state index is 0. The normalized spacial score (nSPS) is 12.0. The minimum Gasteiger partial charge on any atom is -0.357 e. The molecule has 0 aliphatic heterocycles. The lowest BCUT2D eigenvalue weighted by Gasteiger charge is -2.18. The van der Waals surface area contributed by atoms with Gasteiger partial charge in [-0.25, -0.2) is 13.4 Å². The summed E-state index contributed by atoms with van der Waals surface area (Å²) in [7, 11) is -3.18. The molecular formula is C20H37IN4O2S. The zero-order valence-electron chi connectivity index (χ0n) is 17.9. The molecule has 162 valence electrons. The number of unbranched alkanes of at least 4 members (excludes halogenated alkanes) is 1. The highest BCUT2D eigenvalue weighted by molar-refractivity contribution is 14.0. The van der Waals surface area contributed by atoms with Crippen molar-refractivity contribution >= 4 is 39.8 Å². The van der Waals surface area contributed by atoms with Crippen LogP contribution >= 0.6 is 24.0 Å². The summed E-state index contributed by atoms with van der Waals surface area (Å²) in [4.78, 5) is 7.43. The molecule has 0 heterocycles. The Kier molecular flexibility index (Phi) is 13.7. The number of nitrogens with zero attached hydrogens (tertiary/aromatic N) is 2. The minimum atomic E-state index is -3.18. The van der Waals surface area contributed by atoms with Gasteiger partial charge in [0, 0.05) is 19.3 Å². The molecule has 1 aromatic carbocycles. The number of nitrogens with one attached hydrogen (secondary N) is 2. The first kappa shape index (κ1) is 27.1. The largest absolute Gasteiger partial charge is 0.357 e. The van der Waals surface area contributed by atoms with Gasteiger partial charge in [-0.1, -0.05) is 26.0 Å². The van der Waals surface area contributed by atoms with E-state index in [-0.39, 0.29) is 24.0 Å². The molecule has 0 spiro atoms. The summed E-state index contributed by atoms with van der Waals surface area (Å²) >= 11 is 0. The molecule has 0 radical (unpaired) electrons. The molecule has 28 heavy (non-hydrogen) atoms. The third kappa shape index (κ3) is 10.1. The summed E-state index contributed by atoms with van der Waals surface area (Å²) < 4.78 is 23.4. The summed E-state index contributed by atoms with van der Waals surface area (Å²) in [5, 5.41) is 6.63. The zero-order chi connectivity index (χ0) is 20.3. The molecule has 0 unspecified atom stereocenters. The van der Waals surface area contributed by atoms with Crippen LogP contribution in [-0.4, -0.2) is 58.3 Å². The van der Waals surface area contributed by atoms with Crippen molar-refractivity contribution in [3.05, 3.63) is 29.3 Å². The average molecular weight is 525 g/mol. The summed E-state index contributed by atoms with van der Waals surface area (Å²) in [6.45, 7) is 13.8. The Balaban J connectivity index is 0.00000729. The SMILES string of the molecule is CCNC(=NCc1ccc(S(C)(=O)=O)c(C)c1)NCCCCN(CC)CC.I. The number of aliphatic imine (C=N–C) groups is 1. The topological polar surface area (TPSA) is 73.8 Å². The van der Waals surface area contributed by atoms with Crippen LogP contribution in [0.15, 0.2) is 28.1 Å². The molecule has 0 amide bonds. The van der Waals surface area contributed by atoms with Crippen LogP contribution in [-0.2, 0) is 16.4 Å². The molecule has 0 bridgehead atoms. The van der Waals surface area contributed by atoms with E-state index in [1.807, 2.05) is 26.0 Å². The van der Waals surface area contributed by atoms with Gasteiger partial charge in [0.25, 0.3) is 0 Å². The van der Waals surface area contributed by atoms with Crippen molar-refractivity contribution in [1.29, 1.82) is 0 Å². The zero-order valence-corrected chi connectivity index (χ0v) is 21.1. The van der Waals surface area contributed by atoms with Gasteiger partial charge in [0.15, 0.2) is 15.8 Å². The fourth-order valence-electron chi connectivity index (χ4n) is 2.95. The van der Waals surface area contributed by atoms with Gasteiger partial charge in [0.05, 0.1) is 11.4 Å². The molecule has 1 rings (SSSR count). The van der Waals surface area contributed by atoms with Crippen LogP contribution < -0.4 is 10.6 Å². The molecule has 1 aromatic rings. The molecule has 0 atom stereocenters. The molecule has 0 saturated heterocycles. The van der Waals surface area contributed by atoms with Crippen molar-refractivity contribution in [3.63, 3.8) is 0 Å². The standard InChI is InChI=1S/C20H36N4O2S.HI/c1-6-21-20(22-13-9-10-14-24(7-2)8-3)23-16-18-11-12-19(17(4)15-18)27(5,25)26;/h11-12,15H,6-10,13-14,16H2,1-5H3,(H2,21,22,23);1H. The van der Waals surface area contributed by atoms with Crippen molar-refractivity contribution in [2.75, 3.05) is 39.0 Å². The second-order valence-corrected chi connectivity index (χ2v) is 8.71. The summed E-state index contributed by atoms with van der Waals surface area (Å²) in [6, 6.07) is 5.40. The molecule has 0 saturated carbocycles. The van der Waals surface area contributed by atoms with Gasteiger partial charge in [-0.3, -0.25) is 0 Å². The highest BCUT2D eigenvalue weighted by Crippen LogP contribution is 2.17.